The van der Waals surface area contributed by atoms with E-state index in [1.54, 1.807) is 11.8 Å². The fourth-order valence-electron chi connectivity index (χ4n) is 1.29. The number of nitrogens with zero attached hydrogens (tertiary/aromatic N) is 3. The van der Waals surface area contributed by atoms with Crippen LogP contribution in [0.2, 0.25) is 0 Å². The van der Waals surface area contributed by atoms with E-state index in [4.69, 9.17) is 0 Å². The zero-order chi connectivity index (χ0) is 11.5. The maximum absolute atomic E-state index is 4.12. The SMILES string of the molecule is Cc1nnc(SCc2cccc(Br)c2)n1C. The van der Waals surface area contributed by atoms with Crippen molar-refractivity contribution < 1.29 is 0 Å². The van der Waals surface area contributed by atoms with Gasteiger partial charge in [0, 0.05) is 17.3 Å². The number of hydrogen-bond donors (Lipinski definition) is 0. The Bertz CT molecular complexity index is 496. The minimum Gasteiger partial charge on any atom is -0.309 e. The van der Waals surface area contributed by atoms with E-state index in [0.717, 1.165) is 21.2 Å². The summed E-state index contributed by atoms with van der Waals surface area (Å²) in [5.41, 5.74) is 1.28. The lowest BCUT2D eigenvalue weighted by molar-refractivity contribution is 0.765. The minimum absolute atomic E-state index is 0.908. The van der Waals surface area contributed by atoms with E-state index >= 15 is 0 Å². The summed E-state index contributed by atoms with van der Waals surface area (Å²) >= 11 is 5.16. The molecule has 0 spiro atoms. The van der Waals surface area contributed by atoms with Crippen molar-refractivity contribution >= 4 is 27.7 Å². The molecule has 0 aliphatic heterocycles. The summed E-state index contributed by atoms with van der Waals surface area (Å²) in [6.45, 7) is 1.95. The molecule has 2 rings (SSSR count). The van der Waals surface area contributed by atoms with E-state index in [1.807, 2.05) is 30.7 Å². The summed E-state index contributed by atoms with van der Waals surface area (Å²) in [5, 5.41) is 9.10. The van der Waals surface area contributed by atoms with Gasteiger partial charge in [0.05, 0.1) is 0 Å². The largest absolute Gasteiger partial charge is 0.309 e. The summed E-state index contributed by atoms with van der Waals surface area (Å²) in [7, 11) is 1.98. The average molecular weight is 298 g/mol. The van der Waals surface area contributed by atoms with Crippen LogP contribution in [0.3, 0.4) is 0 Å². The van der Waals surface area contributed by atoms with E-state index in [1.165, 1.54) is 5.56 Å². The summed E-state index contributed by atoms with van der Waals surface area (Å²) in [4.78, 5) is 0. The van der Waals surface area contributed by atoms with Crippen molar-refractivity contribution in [3.05, 3.63) is 40.1 Å². The fourth-order valence-corrected chi connectivity index (χ4v) is 2.63. The third-order valence-corrected chi connectivity index (χ3v) is 3.89. The first-order valence-electron chi connectivity index (χ1n) is 4.90. The quantitative estimate of drug-likeness (QED) is 0.815. The third-order valence-electron chi connectivity index (χ3n) is 2.31. The van der Waals surface area contributed by atoms with Gasteiger partial charge in [-0.3, -0.25) is 0 Å². The molecule has 2 aromatic rings. The van der Waals surface area contributed by atoms with E-state index in [9.17, 15) is 0 Å². The molecule has 0 unspecified atom stereocenters. The van der Waals surface area contributed by atoms with Crippen molar-refractivity contribution in [1.82, 2.24) is 14.8 Å². The molecule has 0 atom stereocenters. The molecule has 0 radical (unpaired) electrons. The Morgan fingerprint density at radius 1 is 1.38 bits per heavy atom. The summed E-state index contributed by atoms with van der Waals surface area (Å²) in [5.74, 6) is 1.85. The number of benzene rings is 1. The second-order valence-corrected chi connectivity index (χ2v) is 5.37. The Balaban J connectivity index is 2.05. The van der Waals surface area contributed by atoms with Crippen molar-refractivity contribution in [2.45, 2.75) is 17.8 Å². The molecule has 1 aromatic heterocycles. The molecule has 0 saturated carbocycles. The van der Waals surface area contributed by atoms with E-state index in [2.05, 4.69) is 38.3 Å². The van der Waals surface area contributed by atoms with Crippen LogP contribution in [0.25, 0.3) is 0 Å². The Labute approximate surface area is 107 Å². The van der Waals surface area contributed by atoms with Crippen LogP contribution in [0.4, 0.5) is 0 Å². The highest BCUT2D eigenvalue weighted by Gasteiger charge is 2.05. The Morgan fingerprint density at radius 2 is 2.19 bits per heavy atom. The molecule has 1 aromatic carbocycles. The lowest BCUT2D eigenvalue weighted by Crippen LogP contribution is -1.93. The molecule has 0 aliphatic rings. The van der Waals surface area contributed by atoms with Gasteiger partial charge in [-0.1, -0.05) is 39.8 Å². The molecule has 0 bridgehead atoms. The van der Waals surface area contributed by atoms with Crippen molar-refractivity contribution in [2.24, 2.45) is 7.05 Å². The number of hydrogen-bond acceptors (Lipinski definition) is 3. The molecule has 0 saturated heterocycles. The standard InChI is InChI=1S/C11H12BrN3S/c1-8-13-14-11(15(8)2)16-7-9-4-3-5-10(12)6-9/h3-6H,7H2,1-2H3. The van der Waals surface area contributed by atoms with E-state index in [-0.39, 0.29) is 0 Å². The summed E-state index contributed by atoms with van der Waals surface area (Å²) in [6, 6.07) is 8.31. The predicted octanol–water partition coefficient (Wildman–Crippen LogP) is 3.18. The topological polar surface area (TPSA) is 30.7 Å². The van der Waals surface area contributed by atoms with Crippen molar-refractivity contribution in [3.8, 4) is 0 Å². The monoisotopic (exact) mass is 297 g/mol. The highest BCUT2D eigenvalue weighted by molar-refractivity contribution is 9.10. The first-order valence-corrected chi connectivity index (χ1v) is 6.68. The van der Waals surface area contributed by atoms with Crippen LogP contribution in [0.15, 0.2) is 33.9 Å². The van der Waals surface area contributed by atoms with Gasteiger partial charge >= 0.3 is 0 Å². The number of aromatic nitrogens is 3. The molecule has 0 aliphatic carbocycles. The first-order chi connectivity index (χ1) is 7.66. The Kier molecular flexibility index (Phi) is 3.66. The second-order valence-electron chi connectivity index (χ2n) is 3.51. The molecule has 3 nitrogen and oxygen atoms in total. The molecule has 0 amide bonds. The number of rotatable bonds is 3. The Morgan fingerprint density at radius 3 is 2.81 bits per heavy atom. The fraction of sp³-hybridized carbons (Fsp3) is 0.273. The van der Waals surface area contributed by atoms with Gasteiger partial charge in [-0.25, -0.2) is 0 Å². The lowest BCUT2D eigenvalue weighted by atomic mass is 10.2. The van der Waals surface area contributed by atoms with Gasteiger partial charge in [0.1, 0.15) is 5.82 Å². The smallest absolute Gasteiger partial charge is 0.191 e. The van der Waals surface area contributed by atoms with Gasteiger partial charge in [-0.05, 0) is 24.6 Å². The number of aryl methyl sites for hydroxylation is 1. The number of thioether (sulfide) groups is 1. The van der Waals surface area contributed by atoms with Crippen LogP contribution in [-0.4, -0.2) is 14.8 Å². The minimum atomic E-state index is 0.908. The van der Waals surface area contributed by atoms with Gasteiger partial charge in [0.25, 0.3) is 0 Å². The third kappa shape index (κ3) is 2.65. The van der Waals surface area contributed by atoms with Crippen LogP contribution in [0.1, 0.15) is 11.4 Å². The highest BCUT2D eigenvalue weighted by atomic mass is 79.9. The van der Waals surface area contributed by atoms with Crippen LogP contribution in [-0.2, 0) is 12.8 Å². The molecule has 5 heteroatoms. The zero-order valence-corrected chi connectivity index (χ0v) is 11.5. The normalized spacial score (nSPS) is 10.7. The molecule has 0 N–H and O–H groups in total. The van der Waals surface area contributed by atoms with E-state index < -0.39 is 0 Å². The molecule has 84 valence electrons. The van der Waals surface area contributed by atoms with Crippen LogP contribution < -0.4 is 0 Å². The van der Waals surface area contributed by atoms with Gasteiger partial charge in [-0.2, -0.15) is 0 Å². The molecular formula is C11H12BrN3S. The summed E-state index contributed by atoms with van der Waals surface area (Å²) in [6.07, 6.45) is 0. The van der Waals surface area contributed by atoms with Crippen molar-refractivity contribution in [1.29, 1.82) is 0 Å². The molecule has 0 fully saturated rings. The summed E-state index contributed by atoms with van der Waals surface area (Å²) < 4.78 is 3.11. The van der Waals surface area contributed by atoms with Crippen LogP contribution in [0, 0.1) is 6.92 Å². The van der Waals surface area contributed by atoms with Gasteiger partial charge < -0.3 is 4.57 Å². The number of halogens is 1. The van der Waals surface area contributed by atoms with Crippen molar-refractivity contribution in [3.63, 3.8) is 0 Å². The zero-order valence-electron chi connectivity index (χ0n) is 9.14. The lowest BCUT2D eigenvalue weighted by Gasteiger charge is -2.02. The second kappa shape index (κ2) is 5.01. The first kappa shape index (κ1) is 11.7. The van der Waals surface area contributed by atoms with Gasteiger partial charge in [0.2, 0.25) is 0 Å². The van der Waals surface area contributed by atoms with Crippen LogP contribution >= 0.6 is 27.7 Å². The van der Waals surface area contributed by atoms with Gasteiger partial charge in [-0.15, -0.1) is 10.2 Å². The maximum Gasteiger partial charge on any atom is 0.191 e. The van der Waals surface area contributed by atoms with E-state index in [0.29, 0.717) is 0 Å². The predicted molar refractivity (Wildman–Crippen MR) is 69.4 cm³/mol. The molecular weight excluding hydrogens is 286 g/mol. The maximum atomic E-state index is 4.12. The van der Waals surface area contributed by atoms with Crippen molar-refractivity contribution in [2.75, 3.05) is 0 Å². The van der Waals surface area contributed by atoms with Crippen LogP contribution in [0.5, 0.6) is 0 Å². The molecule has 16 heavy (non-hydrogen) atoms. The molecule has 1 heterocycles. The van der Waals surface area contributed by atoms with Gasteiger partial charge in [0.15, 0.2) is 5.16 Å². The average Bonchev–Trinajstić information content (AvgIpc) is 2.57. The Hall–Kier alpha value is -0.810. The highest BCUT2D eigenvalue weighted by Crippen LogP contribution is 2.22.